The number of thiocarbonyl (C=S) groups is 1. The van der Waals surface area contributed by atoms with Crippen molar-refractivity contribution in [2.75, 3.05) is 5.32 Å². The second-order valence-electron chi connectivity index (χ2n) is 6.38. The zero-order chi connectivity index (χ0) is 17.3. The van der Waals surface area contributed by atoms with Gasteiger partial charge in [0.1, 0.15) is 23.0 Å². The van der Waals surface area contributed by atoms with Crippen molar-refractivity contribution in [2.24, 2.45) is 0 Å². The molecule has 0 radical (unpaired) electrons. The predicted molar refractivity (Wildman–Crippen MR) is 94.2 cm³/mol. The van der Waals surface area contributed by atoms with Crippen LogP contribution in [0.4, 0.5) is 14.5 Å². The van der Waals surface area contributed by atoms with E-state index in [1.807, 2.05) is 38.1 Å². The monoisotopic (exact) mass is 348 g/mol. The number of halogens is 2. The Balaban J connectivity index is 1.76. The third-order valence-electron chi connectivity index (χ3n) is 3.86. The van der Waals surface area contributed by atoms with Crippen LogP contribution < -0.4 is 15.4 Å². The molecule has 2 N–H and O–H groups in total. The summed E-state index contributed by atoms with van der Waals surface area (Å²) in [5.74, 6) is -0.508. The Morgan fingerprint density at radius 2 is 1.96 bits per heavy atom. The Morgan fingerprint density at radius 1 is 1.21 bits per heavy atom. The molecule has 3 rings (SSSR count). The standard InChI is InChI=1S/C18H18F2N2OS/c1-18(2)10-15(12-5-3-4-6-16(12)23-18)22-17(24)21-14-8-7-11(19)9-13(14)20/h3-9,15H,10H2,1-2H3,(H2,21,22,24)/t15-/m0/s1. The van der Waals surface area contributed by atoms with E-state index in [9.17, 15) is 8.78 Å². The van der Waals surface area contributed by atoms with Gasteiger partial charge in [-0.15, -0.1) is 0 Å². The molecule has 0 aromatic heterocycles. The number of fused-ring (bicyclic) bond motifs is 1. The topological polar surface area (TPSA) is 33.3 Å². The van der Waals surface area contributed by atoms with E-state index in [2.05, 4.69) is 10.6 Å². The molecule has 1 aliphatic heterocycles. The summed E-state index contributed by atoms with van der Waals surface area (Å²) in [6.07, 6.45) is 0.706. The molecule has 1 atom stereocenters. The maximum absolute atomic E-state index is 13.7. The molecular weight excluding hydrogens is 330 g/mol. The lowest BCUT2D eigenvalue weighted by Crippen LogP contribution is -2.42. The molecule has 0 spiro atoms. The first-order valence-electron chi connectivity index (χ1n) is 7.64. The van der Waals surface area contributed by atoms with Crippen molar-refractivity contribution in [1.29, 1.82) is 0 Å². The Labute approximate surface area is 145 Å². The molecule has 0 amide bonds. The Bertz CT molecular complexity index is 779. The van der Waals surface area contributed by atoms with E-state index in [-0.39, 0.29) is 22.4 Å². The molecule has 126 valence electrons. The quantitative estimate of drug-likeness (QED) is 0.780. The van der Waals surface area contributed by atoms with Gasteiger partial charge in [0.25, 0.3) is 0 Å². The fourth-order valence-corrected chi connectivity index (χ4v) is 3.09. The molecular formula is C18H18F2N2OS. The van der Waals surface area contributed by atoms with Crippen molar-refractivity contribution in [2.45, 2.75) is 31.9 Å². The largest absolute Gasteiger partial charge is 0.487 e. The van der Waals surface area contributed by atoms with Crippen molar-refractivity contribution < 1.29 is 13.5 Å². The van der Waals surface area contributed by atoms with Gasteiger partial charge >= 0.3 is 0 Å². The molecule has 1 aliphatic rings. The second kappa shape index (κ2) is 6.36. The third-order valence-corrected chi connectivity index (χ3v) is 4.08. The lowest BCUT2D eigenvalue weighted by molar-refractivity contribution is 0.0697. The molecule has 6 heteroatoms. The minimum absolute atomic E-state index is 0.0616. The average Bonchev–Trinajstić information content (AvgIpc) is 2.49. The minimum Gasteiger partial charge on any atom is -0.487 e. The first-order valence-corrected chi connectivity index (χ1v) is 8.05. The van der Waals surface area contributed by atoms with Gasteiger partial charge in [-0.2, -0.15) is 0 Å². The summed E-state index contributed by atoms with van der Waals surface area (Å²) >= 11 is 5.29. The van der Waals surface area contributed by atoms with Crippen LogP contribution in [0.15, 0.2) is 42.5 Å². The molecule has 0 aliphatic carbocycles. The number of ether oxygens (including phenoxy) is 1. The smallest absolute Gasteiger partial charge is 0.171 e. The Morgan fingerprint density at radius 3 is 2.71 bits per heavy atom. The second-order valence-corrected chi connectivity index (χ2v) is 6.79. The molecule has 1 heterocycles. The summed E-state index contributed by atoms with van der Waals surface area (Å²) in [6.45, 7) is 4.02. The maximum atomic E-state index is 13.7. The van der Waals surface area contributed by atoms with Crippen LogP contribution in [-0.2, 0) is 0 Å². The summed E-state index contributed by atoms with van der Waals surface area (Å²) in [7, 11) is 0. The molecule has 0 saturated carbocycles. The summed E-state index contributed by atoms with van der Waals surface area (Å²) in [6, 6.07) is 11.0. The zero-order valence-electron chi connectivity index (χ0n) is 13.4. The molecule has 0 saturated heterocycles. The van der Waals surface area contributed by atoms with Crippen LogP contribution in [0.3, 0.4) is 0 Å². The van der Waals surface area contributed by atoms with Crippen molar-refractivity contribution in [3.05, 3.63) is 59.7 Å². The number of anilines is 1. The highest BCUT2D eigenvalue weighted by molar-refractivity contribution is 7.80. The van der Waals surface area contributed by atoms with Crippen LogP contribution >= 0.6 is 12.2 Å². The lowest BCUT2D eigenvalue weighted by Gasteiger charge is -2.38. The number of para-hydroxylation sites is 1. The average molecular weight is 348 g/mol. The van der Waals surface area contributed by atoms with Gasteiger partial charge in [0.05, 0.1) is 11.7 Å². The molecule has 2 aromatic rings. The summed E-state index contributed by atoms with van der Waals surface area (Å²) in [4.78, 5) is 0. The van der Waals surface area contributed by atoms with Gasteiger partial charge in [-0.25, -0.2) is 8.78 Å². The predicted octanol–water partition coefficient (Wildman–Crippen LogP) is 4.55. The Hall–Kier alpha value is -2.21. The first kappa shape index (κ1) is 16.6. The van der Waals surface area contributed by atoms with E-state index in [0.717, 1.165) is 17.4 Å². The van der Waals surface area contributed by atoms with Crippen LogP contribution in [-0.4, -0.2) is 10.7 Å². The fraction of sp³-hybridized carbons (Fsp3) is 0.278. The minimum atomic E-state index is -0.688. The first-order chi connectivity index (χ1) is 11.3. The van der Waals surface area contributed by atoms with Gasteiger partial charge in [-0.1, -0.05) is 18.2 Å². The molecule has 24 heavy (non-hydrogen) atoms. The van der Waals surface area contributed by atoms with Gasteiger partial charge in [-0.3, -0.25) is 0 Å². The van der Waals surface area contributed by atoms with Crippen LogP contribution in [0.1, 0.15) is 31.9 Å². The molecule has 0 unspecified atom stereocenters. The van der Waals surface area contributed by atoms with E-state index in [1.54, 1.807) is 0 Å². The number of hydrogen-bond donors (Lipinski definition) is 2. The van der Waals surface area contributed by atoms with E-state index in [4.69, 9.17) is 17.0 Å². The molecule has 2 aromatic carbocycles. The number of rotatable bonds is 2. The van der Waals surface area contributed by atoms with Crippen molar-refractivity contribution in [3.8, 4) is 5.75 Å². The maximum Gasteiger partial charge on any atom is 0.171 e. The normalized spacial score (nSPS) is 18.2. The van der Waals surface area contributed by atoms with Crippen LogP contribution in [0.25, 0.3) is 0 Å². The SMILES string of the molecule is CC1(C)C[C@H](NC(=S)Nc2ccc(F)cc2F)c2ccccc2O1. The van der Waals surface area contributed by atoms with Crippen molar-refractivity contribution in [1.82, 2.24) is 5.32 Å². The van der Waals surface area contributed by atoms with Gasteiger partial charge in [0, 0.05) is 18.1 Å². The van der Waals surface area contributed by atoms with Crippen LogP contribution in [0, 0.1) is 11.6 Å². The lowest BCUT2D eigenvalue weighted by atomic mass is 9.90. The highest BCUT2D eigenvalue weighted by Gasteiger charge is 2.33. The highest BCUT2D eigenvalue weighted by atomic mass is 32.1. The Kier molecular flexibility index (Phi) is 4.41. The number of hydrogen-bond acceptors (Lipinski definition) is 2. The summed E-state index contributed by atoms with van der Waals surface area (Å²) in [5, 5.41) is 6.26. The summed E-state index contributed by atoms with van der Waals surface area (Å²) < 4.78 is 32.7. The zero-order valence-corrected chi connectivity index (χ0v) is 14.2. The van der Waals surface area contributed by atoms with Crippen LogP contribution in [0.2, 0.25) is 0 Å². The molecule has 0 bridgehead atoms. The van der Waals surface area contributed by atoms with Gasteiger partial charge in [0.2, 0.25) is 0 Å². The van der Waals surface area contributed by atoms with E-state index < -0.39 is 11.6 Å². The van der Waals surface area contributed by atoms with E-state index >= 15 is 0 Å². The number of nitrogens with one attached hydrogen (secondary N) is 2. The van der Waals surface area contributed by atoms with Crippen molar-refractivity contribution >= 4 is 23.0 Å². The molecule has 3 nitrogen and oxygen atoms in total. The summed E-state index contributed by atoms with van der Waals surface area (Å²) in [5.41, 5.74) is 0.789. The van der Waals surface area contributed by atoms with Crippen molar-refractivity contribution in [3.63, 3.8) is 0 Å². The van der Waals surface area contributed by atoms with E-state index in [0.29, 0.717) is 6.42 Å². The van der Waals surface area contributed by atoms with E-state index in [1.165, 1.54) is 12.1 Å². The highest BCUT2D eigenvalue weighted by Crippen LogP contribution is 2.39. The van der Waals surface area contributed by atoms with Gasteiger partial charge < -0.3 is 15.4 Å². The van der Waals surface area contributed by atoms with Crippen LogP contribution in [0.5, 0.6) is 5.75 Å². The molecule has 0 fully saturated rings. The number of benzene rings is 2. The third kappa shape index (κ3) is 3.64. The van der Waals surface area contributed by atoms with Gasteiger partial charge in [-0.05, 0) is 44.3 Å². The fourth-order valence-electron chi connectivity index (χ4n) is 2.84. The van der Waals surface area contributed by atoms with Gasteiger partial charge in [0.15, 0.2) is 5.11 Å².